The SMILES string of the molecule is O=C(NCC(Cc1ccccc1)(c1cccc(OC(F)(F)F)c1)c1cccc(OC(F)(F)F)c1)c1ccccc1Cl. The van der Waals surface area contributed by atoms with Gasteiger partial charge in [-0.25, -0.2) is 0 Å². The van der Waals surface area contributed by atoms with Gasteiger partial charge in [0.1, 0.15) is 11.5 Å². The number of alkyl halides is 6. The van der Waals surface area contributed by atoms with Crippen LogP contribution in [0.25, 0.3) is 0 Å². The van der Waals surface area contributed by atoms with E-state index >= 15 is 0 Å². The second kappa shape index (κ2) is 12.1. The van der Waals surface area contributed by atoms with E-state index in [0.29, 0.717) is 5.56 Å². The minimum Gasteiger partial charge on any atom is -0.406 e. The molecule has 0 atom stereocenters. The van der Waals surface area contributed by atoms with Gasteiger partial charge >= 0.3 is 12.7 Å². The second-order valence-electron chi connectivity index (χ2n) is 9.06. The molecule has 0 aromatic heterocycles. The average molecular weight is 594 g/mol. The van der Waals surface area contributed by atoms with Crippen LogP contribution in [0.15, 0.2) is 103 Å². The van der Waals surface area contributed by atoms with Gasteiger partial charge in [0.05, 0.1) is 10.6 Å². The molecule has 0 bridgehead atoms. The number of amides is 1. The zero-order chi connectivity index (χ0) is 29.7. The van der Waals surface area contributed by atoms with E-state index in [1.54, 1.807) is 42.5 Å². The fraction of sp³-hybridized carbons (Fsp3) is 0.167. The average Bonchev–Trinajstić information content (AvgIpc) is 2.90. The van der Waals surface area contributed by atoms with Crippen molar-refractivity contribution in [3.8, 4) is 11.5 Å². The van der Waals surface area contributed by atoms with Crippen molar-refractivity contribution in [2.75, 3.05) is 6.54 Å². The normalized spacial score (nSPS) is 12.1. The van der Waals surface area contributed by atoms with Crippen LogP contribution in [0.4, 0.5) is 26.3 Å². The largest absolute Gasteiger partial charge is 0.573 e. The fourth-order valence-electron chi connectivity index (χ4n) is 4.54. The van der Waals surface area contributed by atoms with Crippen molar-refractivity contribution < 1.29 is 40.6 Å². The molecule has 4 aromatic rings. The number of benzene rings is 4. The number of nitrogens with one attached hydrogen (secondary N) is 1. The third-order valence-corrected chi connectivity index (χ3v) is 6.59. The molecule has 11 heteroatoms. The van der Waals surface area contributed by atoms with Gasteiger partial charge in [-0.05, 0) is 59.5 Å². The first-order chi connectivity index (χ1) is 19.3. The van der Waals surface area contributed by atoms with Crippen LogP contribution in [0.5, 0.6) is 11.5 Å². The molecule has 0 saturated carbocycles. The van der Waals surface area contributed by atoms with Crippen LogP contribution in [0.2, 0.25) is 5.02 Å². The predicted octanol–water partition coefficient (Wildman–Crippen LogP) is 8.10. The molecule has 0 heterocycles. The van der Waals surface area contributed by atoms with Gasteiger partial charge in [0.25, 0.3) is 5.91 Å². The van der Waals surface area contributed by atoms with Crippen LogP contribution in [0, 0.1) is 0 Å². The standard InChI is InChI=1S/C30H22ClF6NO3/c31-26-15-5-4-14-25(26)27(39)38-19-28(18-20-8-2-1-3-9-20,21-10-6-12-23(16-21)40-29(32,33)34)22-11-7-13-24(17-22)41-30(35,36)37/h1-17H,18-19H2,(H,38,39). The molecule has 0 aliphatic carbocycles. The molecule has 41 heavy (non-hydrogen) atoms. The first-order valence-electron chi connectivity index (χ1n) is 12.1. The highest BCUT2D eigenvalue weighted by molar-refractivity contribution is 6.33. The summed E-state index contributed by atoms with van der Waals surface area (Å²) < 4.78 is 87.0. The summed E-state index contributed by atoms with van der Waals surface area (Å²) in [6.45, 7) is -0.239. The molecule has 0 aliphatic heterocycles. The maximum atomic E-state index is 13.2. The van der Waals surface area contributed by atoms with Crippen molar-refractivity contribution in [3.63, 3.8) is 0 Å². The number of halogens is 7. The lowest BCUT2D eigenvalue weighted by Gasteiger charge is -2.36. The second-order valence-corrected chi connectivity index (χ2v) is 9.47. The lowest BCUT2D eigenvalue weighted by Crippen LogP contribution is -2.43. The molecule has 4 nitrogen and oxygen atoms in total. The molecule has 4 rings (SSSR count). The number of carbonyl (C=O) groups is 1. The molecule has 1 amide bonds. The maximum absolute atomic E-state index is 13.2. The minimum atomic E-state index is -4.99. The molecular formula is C30H22ClF6NO3. The van der Waals surface area contributed by atoms with E-state index in [9.17, 15) is 31.1 Å². The monoisotopic (exact) mass is 593 g/mol. The summed E-state index contributed by atoms with van der Waals surface area (Å²) in [6, 6.07) is 25.2. The Morgan fingerprint density at radius 2 is 1.20 bits per heavy atom. The molecule has 1 N–H and O–H groups in total. The van der Waals surface area contributed by atoms with Gasteiger partial charge < -0.3 is 14.8 Å². The van der Waals surface area contributed by atoms with E-state index in [4.69, 9.17) is 11.6 Å². The summed E-state index contributed by atoms with van der Waals surface area (Å²) in [5, 5.41) is 2.95. The van der Waals surface area contributed by atoms with Gasteiger partial charge in [0.15, 0.2) is 0 Å². The summed E-state index contributed by atoms with van der Waals surface area (Å²) in [6.07, 6.45) is -9.90. The van der Waals surface area contributed by atoms with Crippen molar-refractivity contribution in [2.45, 2.75) is 24.6 Å². The predicted molar refractivity (Wildman–Crippen MR) is 141 cm³/mol. The fourth-order valence-corrected chi connectivity index (χ4v) is 4.76. The van der Waals surface area contributed by atoms with Crippen molar-refractivity contribution in [1.29, 1.82) is 0 Å². The first-order valence-corrected chi connectivity index (χ1v) is 12.5. The van der Waals surface area contributed by atoms with Gasteiger partial charge in [-0.3, -0.25) is 4.79 Å². The molecule has 0 radical (unpaired) electrons. The third kappa shape index (κ3) is 7.94. The Balaban J connectivity index is 1.89. The molecule has 0 spiro atoms. The lowest BCUT2D eigenvalue weighted by atomic mass is 9.70. The van der Waals surface area contributed by atoms with Crippen molar-refractivity contribution in [2.24, 2.45) is 0 Å². The van der Waals surface area contributed by atoms with E-state index in [1.807, 2.05) is 0 Å². The highest BCUT2D eigenvalue weighted by atomic mass is 35.5. The van der Waals surface area contributed by atoms with Crippen molar-refractivity contribution in [1.82, 2.24) is 5.32 Å². The summed E-state index contributed by atoms with van der Waals surface area (Å²) in [5.74, 6) is -1.65. The Kier molecular flexibility index (Phi) is 8.82. The van der Waals surface area contributed by atoms with Crippen LogP contribution >= 0.6 is 11.6 Å². The number of carbonyl (C=O) groups excluding carboxylic acids is 1. The Bertz CT molecular complexity index is 1430. The molecule has 4 aromatic carbocycles. The molecular weight excluding hydrogens is 572 g/mol. The van der Waals surface area contributed by atoms with Crippen LogP contribution < -0.4 is 14.8 Å². The van der Waals surface area contributed by atoms with E-state index in [0.717, 1.165) is 24.3 Å². The van der Waals surface area contributed by atoms with Gasteiger partial charge in [-0.2, -0.15) is 0 Å². The molecule has 214 valence electrons. The summed E-state index contributed by atoms with van der Waals surface area (Å²) in [4.78, 5) is 13.2. The topological polar surface area (TPSA) is 47.6 Å². The molecule has 0 saturated heterocycles. The minimum absolute atomic E-state index is 0.0710. The van der Waals surface area contributed by atoms with E-state index in [2.05, 4.69) is 14.8 Å². The zero-order valence-electron chi connectivity index (χ0n) is 21.1. The van der Waals surface area contributed by atoms with Crippen molar-refractivity contribution >= 4 is 17.5 Å². The third-order valence-electron chi connectivity index (χ3n) is 6.26. The highest BCUT2D eigenvalue weighted by Gasteiger charge is 2.38. The Labute approximate surface area is 236 Å². The van der Waals surface area contributed by atoms with E-state index in [-0.39, 0.29) is 34.7 Å². The Morgan fingerprint density at radius 3 is 1.71 bits per heavy atom. The van der Waals surface area contributed by atoms with Gasteiger partial charge in [-0.1, -0.05) is 78.3 Å². The summed E-state index contributed by atoms with van der Waals surface area (Å²) >= 11 is 6.19. The van der Waals surface area contributed by atoms with Crippen LogP contribution in [-0.4, -0.2) is 25.2 Å². The Hall–Kier alpha value is -4.18. The maximum Gasteiger partial charge on any atom is 0.573 e. The van der Waals surface area contributed by atoms with Gasteiger partial charge in [-0.15, -0.1) is 26.3 Å². The number of rotatable bonds is 9. The molecule has 0 aliphatic rings. The smallest absolute Gasteiger partial charge is 0.406 e. The van der Waals surface area contributed by atoms with Gasteiger partial charge in [0.2, 0.25) is 0 Å². The Morgan fingerprint density at radius 1 is 0.683 bits per heavy atom. The van der Waals surface area contributed by atoms with Crippen LogP contribution in [0.3, 0.4) is 0 Å². The summed E-state index contributed by atoms with van der Waals surface area (Å²) in [5.41, 5.74) is -0.0675. The van der Waals surface area contributed by atoms with E-state index in [1.165, 1.54) is 36.4 Å². The number of hydrogen-bond donors (Lipinski definition) is 1. The molecule has 0 fully saturated rings. The van der Waals surface area contributed by atoms with Crippen LogP contribution in [0.1, 0.15) is 27.0 Å². The zero-order valence-corrected chi connectivity index (χ0v) is 21.9. The van der Waals surface area contributed by atoms with Gasteiger partial charge in [0, 0.05) is 12.0 Å². The first kappa shape index (κ1) is 29.8. The summed E-state index contributed by atoms with van der Waals surface area (Å²) in [7, 11) is 0. The molecule has 0 unspecified atom stereocenters. The number of hydrogen-bond acceptors (Lipinski definition) is 3. The quantitative estimate of drug-likeness (QED) is 0.200. The van der Waals surface area contributed by atoms with Crippen LogP contribution in [-0.2, 0) is 11.8 Å². The number of ether oxygens (including phenoxy) is 2. The van der Waals surface area contributed by atoms with E-state index < -0.39 is 35.5 Å². The van der Waals surface area contributed by atoms with Crippen molar-refractivity contribution in [3.05, 3.63) is 130 Å². The highest BCUT2D eigenvalue weighted by Crippen LogP contribution is 2.40. The lowest BCUT2D eigenvalue weighted by molar-refractivity contribution is -0.275.